The highest BCUT2D eigenvalue weighted by Crippen LogP contribution is 2.38. The summed E-state index contributed by atoms with van der Waals surface area (Å²) in [5.41, 5.74) is 6.55. The van der Waals surface area contributed by atoms with Crippen molar-refractivity contribution >= 4 is 15.7 Å². The van der Waals surface area contributed by atoms with Gasteiger partial charge in [-0.25, -0.2) is 19.3 Å². The zero-order valence-corrected chi connectivity index (χ0v) is 20.1. The van der Waals surface area contributed by atoms with Crippen LogP contribution in [0.3, 0.4) is 0 Å². The Morgan fingerprint density at radius 3 is 2.58 bits per heavy atom. The van der Waals surface area contributed by atoms with Gasteiger partial charge in [-0.3, -0.25) is 9.69 Å². The summed E-state index contributed by atoms with van der Waals surface area (Å²) in [4.78, 5) is 15.4. The predicted octanol–water partition coefficient (Wildman–Crippen LogP) is 0.955. The summed E-state index contributed by atoms with van der Waals surface area (Å²) in [5.74, 6) is 1.73. The lowest BCUT2D eigenvalue weighted by atomic mass is 9.77. The molecule has 2 saturated carbocycles. The van der Waals surface area contributed by atoms with Gasteiger partial charge in [0.05, 0.1) is 24.1 Å². The maximum absolute atomic E-state index is 13.1. The van der Waals surface area contributed by atoms with Crippen LogP contribution in [0.15, 0.2) is 0 Å². The molecule has 0 radical (unpaired) electrons. The third kappa shape index (κ3) is 5.99. The van der Waals surface area contributed by atoms with Gasteiger partial charge in [0.25, 0.3) is 0 Å². The summed E-state index contributed by atoms with van der Waals surface area (Å²) >= 11 is 0. The number of hydrogen-bond acceptors (Lipinski definition) is 7. The molecular formula is C22H41N5O3S. The number of carbonyl (C=O) groups excluding carboxylic acids is 1. The second-order valence-corrected chi connectivity index (χ2v) is 13.0. The molecule has 0 aromatic heterocycles. The Kier molecular flexibility index (Phi) is 7.28. The Balaban J connectivity index is 1.31. The van der Waals surface area contributed by atoms with Crippen LogP contribution in [0.2, 0.25) is 0 Å². The Morgan fingerprint density at radius 1 is 1.16 bits per heavy atom. The van der Waals surface area contributed by atoms with Crippen molar-refractivity contribution in [2.24, 2.45) is 17.8 Å². The number of amides is 1. The topological polar surface area (TPSA) is 103 Å². The van der Waals surface area contributed by atoms with Crippen LogP contribution in [0.4, 0.5) is 0 Å². The van der Waals surface area contributed by atoms with Crippen molar-refractivity contribution < 1.29 is 13.2 Å². The highest BCUT2D eigenvalue weighted by molar-refractivity contribution is 7.91. The van der Waals surface area contributed by atoms with Gasteiger partial charge in [-0.2, -0.15) is 0 Å². The molecule has 31 heavy (non-hydrogen) atoms. The molecule has 1 amide bonds. The lowest BCUT2D eigenvalue weighted by Gasteiger charge is -2.38. The number of hydrogen-bond donors (Lipinski definition) is 4. The first-order valence-corrected chi connectivity index (χ1v) is 14.1. The predicted molar refractivity (Wildman–Crippen MR) is 122 cm³/mol. The molecule has 2 aliphatic carbocycles. The molecule has 9 heteroatoms. The SMILES string of the molecule is C[C@H](CC1NNCN1C)C1CCCC(NC(=O)C2CC(S(C)(=O)=O)CC(C3CC3)N2)C1. The van der Waals surface area contributed by atoms with Crippen molar-refractivity contribution in [3.05, 3.63) is 0 Å². The van der Waals surface area contributed by atoms with Crippen molar-refractivity contribution in [2.75, 3.05) is 20.0 Å². The Bertz CT molecular complexity index is 743. The van der Waals surface area contributed by atoms with Gasteiger partial charge in [0.2, 0.25) is 5.91 Å². The van der Waals surface area contributed by atoms with Crippen LogP contribution in [0.25, 0.3) is 0 Å². The lowest BCUT2D eigenvalue weighted by molar-refractivity contribution is -0.125. The normalized spacial score (nSPS) is 38.7. The van der Waals surface area contributed by atoms with Gasteiger partial charge in [0.1, 0.15) is 9.84 Å². The number of hydrazine groups is 1. The van der Waals surface area contributed by atoms with Crippen LogP contribution in [-0.2, 0) is 14.6 Å². The highest BCUT2D eigenvalue weighted by Gasteiger charge is 2.43. The zero-order chi connectivity index (χ0) is 22.2. The second-order valence-electron chi connectivity index (χ2n) is 10.7. The van der Waals surface area contributed by atoms with Crippen LogP contribution in [0.1, 0.15) is 64.7 Å². The molecule has 178 valence electrons. The van der Waals surface area contributed by atoms with Crippen molar-refractivity contribution in [3.8, 4) is 0 Å². The largest absolute Gasteiger partial charge is 0.352 e. The molecule has 2 saturated heterocycles. The molecule has 0 aromatic carbocycles. The van der Waals surface area contributed by atoms with Gasteiger partial charge in [-0.1, -0.05) is 19.8 Å². The molecule has 4 N–H and O–H groups in total. The fraction of sp³-hybridized carbons (Fsp3) is 0.955. The summed E-state index contributed by atoms with van der Waals surface area (Å²) in [6.45, 7) is 3.20. The Labute approximate surface area is 187 Å². The van der Waals surface area contributed by atoms with E-state index in [0.29, 0.717) is 36.8 Å². The van der Waals surface area contributed by atoms with E-state index >= 15 is 0 Å². The minimum atomic E-state index is -3.14. The number of rotatable bonds is 7. The van der Waals surface area contributed by atoms with Crippen LogP contribution < -0.4 is 21.5 Å². The summed E-state index contributed by atoms with van der Waals surface area (Å²) in [7, 11) is -1.01. The Hall–Kier alpha value is -0.740. The second kappa shape index (κ2) is 9.63. The van der Waals surface area contributed by atoms with Crippen molar-refractivity contribution in [1.82, 2.24) is 26.4 Å². The summed E-state index contributed by atoms with van der Waals surface area (Å²) in [5, 5.41) is 6.39. The third-order valence-corrected chi connectivity index (χ3v) is 9.73. The van der Waals surface area contributed by atoms with E-state index < -0.39 is 15.1 Å². The molecule has 8 nitrogen and oxygen atoms in total. The van der Waals surface area contributed by atoms with Crippen LogP contribution in [-0.4, -0.2) is 68.7 Å². The van der Waals surface area contributed by atoms with E-state index in [1.54, 1.807) is 0 Å². The molecule has 0 bridgehead atoms. The maximum atomic E-state index is 13.1. The molecule has 2 heterocycles. The van der Waals surface area contributed by atoms with Gasteiger partial charge in [-0.15, -0.1) is 0 Å². The summed E-state index contributed by atoms with van der Waals surface area (Å²) < 4.78 is 24.5. The molecule has 7 atom stereocenters. The van der Waals surface area contributed by atoms with E-state index in [4.69, 9.17) is 0 Å². The van der Waals surface area contributed by atoms with Crippen molar-refractivity contribution in [1.29, 1.82) is 0 Å². The van der Waals surface area contributed by atoms with Crippen molar-refractivity contribution in [2.45, 2.75) is 94.3 Å². The minimum absolute atomic E-state index is 0.00121. The third-order valence-electron chi connectivity index (χ3n) is 8.13. The van der Waals surface area contributed by atoms with Gasteiger partial charge in [0.15, 0.2) is 0 Å². The number of nitrogens with one attached hydrogen (secondary N) is 4. The van der Waals surface area contributed by atoms with E-state index in [0.717, 1.165) is 45.2 Å². The minimum Gasteiger partial charge on any atom is -0.352 e. The number of sulfone groups is 1. The molecule has 6 unspecified atom stereocenters. The molecule has 0 aromatic rings. The van der Waals surface area contributed by atoms with Crippen molar-refractivity contribution in [3.63, 3.8) is 0 Å². The smallest absolute Gasteiger partial charge is 0.237 e. The fourth-order valence-corrected chi connectivity index (χ4v) is 6.96. The lowest BCUT2D eigenvalue weighted by Crippen LogP contribution is -2.57. The van der Waals surface area contributed by atoms with Crippen LogP contribution in [0, 0.1) is 17.8 Å². The van der Waals surface area contributed by atoms with E-state index in [9.17, 15) is 13.2 Å². The molecular weight excluding hydrogens is 414 g/mol. The molecule has 2 aliphatic heterocycles. The van der Waals surface area contributed by atoms with Gasteiger partial charge in [0, 0.05) is 18.3 Å². The van der Waals surface area contributed by atoms with E-state index in [1.165, 1.54) is 12.7 Å². The van der Waals surface area contributed by atoms with Crippen LogP contribution in [0.5, 0.6) is 0 Å². The number of carbonyl (C=O) groups is 1. The summed E-state index contributed by atoms with van der Waals surface area (Å²) in [6, 6.07) is -0.0342. The van der Waals surface area contributed by atoms with Crippen LogP contribution >= 0.6 is 0 Å². The van der Waals surface area contributed by atoms with Gasteiger partial charge >= 0.3 is 0 Å². The first-order valence-electron chi connectivity index (χ1n) is 12.1. The van der Waals surface area contributed by atoms with E-state index in [-0.39, 0.29) is 24.0 Å². The first-order chi connectivity index (χ1) is 14.7. The fourth-order valence-electron chi connectivity index (χ4n) is 5.87. The van der Waals surface area contributed by atoms with Gasteiger partial charge < -0.3 is 10.6 Å². The Morgan fingerprint density at radius 2 is 1.94 bits per heavy atom. The van der Waals surface area contributed by atoms with Gasteiger partial charge in [-0.05, 0) is 69.7 Å². The monoisotopic (exact) mass is 455 g/mol. The van der Waals surface area contributed by atoms with E-state index in [1.807, 2.05) is 0 Å². The maximum Gasteiger partial charge on any atom is 0.237 e. The quantitative estimate of drug-likeness (QED) is 0.453. The zero-order valence-electron chi connectivity index (χ0n) is 19.3. The number of piperidine rings is 1. The highest BCUT2D eigenvalue weighted by atomic mass is 32.2. The standard InChI is InChI=1S/C22H41N5O3S/c1-14(9-21-26-23-13-27(21)2)16-5-4-6-17(10-16)24-22(28)20-12-18(31(3,29)30)11-19(25-20)15-7-8-15/h14-21,23,25-26H,4-13H2,1-3H3,(H,24,28)/t14-,16?,17?,18?,19?,20?,21?/m1/s1. The van der Waals surface area contributed by atoms with E-state index in [2.05, 4.69) is 40.4 Å². The molecule has 4 fully saturated rings. The first kappa shape index (κ1) is 23.4. The molecule has 0 spiro atoms. The molecule has 4 aliphatic rings. The average Bonchev–Trinajstić information content (AvgIpc) is 3.51. The summed E-state index contributed by atoms with van der Waals surface area (Å²) in [6.07, 6.45) is 10.5. The average molecular weight is 456 g/mol. The number of nitrogens with zero attached hydrogens (tertiary/aromatic N) is 1. The molecule has 4 rings (SSSR count).